The summed E-state index contributed by atoms with van der Waals surface area (Å²) in [6, 6.07) is 17.1. The Labute approximate surface area is 165 Å². The molecule has 0 unspecified atom stereocenters. The molecule has 0 spiro atoms. The number of nitrogens with one attached hydrogen (secondary N) is 1. The van der Waals surface area contributed by atoms with Gasteiger partial charge in [0.2, 0.25) is 0 Å². The van der Waals surface area contributed by atoms with Crippen LogP contribution in [0.1, 0.15) is 42.0 Å². The van der Waals surface area contributed by atoms with Crippen molar-refractivity contribution in [3.05, 3.63) is 83.4 Å². The van der Waals surface area contributed by atoms with E-state index in [2.05, 4.69) is 84.7 Å². The first-order valence-electron chi connectivity index (χ1n) is 9.64. The summed E-state index contributed by atoms with van der Waals surface area (Å²) in [5, 5.41) is 8.90. The fourth-order valence-electron chi connectivity index (χ4n) is 3.53. The summed E-state index contributed by atoms with van der Waals surface area (Å²) < 4.78 is 1.83. The molecule has 0 saturated heterocycles. The highest BCUT2D eigenvalue weighted by atomic mass is 15.3. The predicted octanol–water partition coefficient (Wildman–Crippen LogP) is 4.92. The highest BCUT2D eigenvalue weighted by Gasteiger charge is 2.10. The number of rotatable bonds is 6. The van der Waals surface area contributed by atoms with E-state index in [9.17, 15) is 0 Å². The van der Waals surface area contributed by atoms with Crippen LogP contribution in [0.5, 0.6) is 0 Å². The van der Waals surface area contributed by atoms with Crippen molar-refractivity contribution in [2.24, 2.45) is 0 Å². The highest BCUT2D eigenvalue weighted by molar-refractivity contribution is 5.87. The second-order valence-electron chi connectivity index (χ2n) is 7.49. The van der Waals surface area contributed by atoms with Gasteiger partial charge in [0.25, 0.3) is 0 Å². The van der Waals surface area contributed by atoms with Crippen molar-refractivity contribution in [1.82, 2.24) is 19.7 Å². The van der Waals surface area contributed by atoms with Crippen LogP contribution in [-0.4, -0.2) is 19.7 Å². The summed E-state index contributed by atoms with van der Waals surface area (Å²) in [5.74, 6) is 1.36. The Hall–Kier alpha value is -3.21. The van der Waals surface area contributed by atoms with E-state index in [0.717, 1.165) is 24.4 Å². The fourth-order valence-corrected chi connectivity index (χ4v) is 3.53. The van der Waals surface area contributed by atoms with E-state index in [1.54, 1.807) is 12.7 Å². The molecule has 0 amide bonds. The van der Waals surface area contributed by atoms with Gasteiger partial charge in [-0.15, -0.1) is 0 Å². The third-order valence-corrected chi connectivity index (χ3v) is 4.98. The van der Waals surface area contributed by atoms with Crippen molar-refractivity contribution < 1.29 is 0 Å². The van der Waals surface area contributed by atoms with Crippen molar-refractivity contribution in [3.8, 4) is 0 Å². The average molecular weight is 371 g/mol. The Bertz CT molecular complexity index is 1080. The molecule has 2 aromatic carbocycles. The Morgan fingerprint density at radius 1 is 1.04 bits per heavy atom. The minimum Gasteiger partial charge on any atom is -0.366 e. The van der Waals surface area contributed by atoms with E-state index in [4.69, 9.17) is 4.98 Å². The smallest absolute Gasteiger partial charge is 0.137 e. The number of nitrogens with zero attached hydrogens (tertiary/aromatic N) is 4. The van der Waals surface area contributed by atoms with Crippen LogP contribution in [0.15, 0.2) is 61.2 Å². The zero-order valence-electron chi connectivity index (χ0n) is 16.6. The van der Waals surface area contributed by atoms with E-state index in [-0.39, 0.29) is 0 Å². The first-order valence-corrected chi connectivity index (χ1v) is 9.64. The molecule has 28 heavy (non-hydrogen) atoms. The Morgan fingerprint density at radius 2 is 1.86 bits per heavy atom. The number of pyridine rings is 1. The van der Waals surface area contributed by atoms with E-state index in [0.29, 0.717) is 5.92 Å². The number of para-hydroxylation sites is 1. The van der Waals surface area contributed by atoms with Gasteiger partial charge in [-0.2, -0.15) is 5.10 Å². The monoisotopic (exact) mass is 371 g/mol. The molecule has 142 valence electrons. The molecular formula is C23H25N5. The lowest BCUT2D eigenvalue weighted by Crippen LogP contribution is -2.05. The normalized spacial score (nSPS) is 11.3. The van der Waals surface area contributed by atoms with Gasteiger partial charge >= 0.3 is 0 Å². The molecule has 2 heterocycles. The van der Waals surface area contributed by atoms with Crippen LogP contribution >= 0.6 is 0 Å². The fraction of sp³-hybridized carbons (Fsp3) is 0.261. The second-order valence-corrected chi connectivity index (χ2v) is 7.49. The first kappa shape index (κ1) is 18.2. The predicted molar refractivity (Wildman–Crippen MR) is 113 cm³/mol. The van der Waals surface area contributed by atoms with Gasteiger partial charge in [-0.3, -0.25) is 0 Å². The van der Waals surface area contributed by atoms with Crippen LogP contribution < -0.4 is 5.32 Å². The van der Waals surface area contributed by atoms with Crippen LogP contribution in [0.25, 0.3) is 10.9 Å². The molecule has 2 aromatic heterocycles. The van der Waals surface area contributed by atoms with Gasteiger partial charge in [-0.1, -0.05) is 56.3 Å². The number of aryl methyl sites for hydroxylation is 1. The maximum Gasteiger partial charge on any atom is 0.137 e. The summed E-state index contributed by atoms with van der Waals surface area (Å²) in [4.78, 5) is 8.92. The Morgan fingerprint density at radius 3 is 2.64 bits per heavy atom. The van der Waals surface area contributed by atoms with Gasteiger partial charge in [0.15, 0.2) is 0 Å². The van der Waals surface area contributed by atoms with Crippen LogP contribution in [0, 0.1) is 6.92 Å². The number of hydrogen-bond acceptors (Lipinski definition) is 4. The molecule has 5 heteroatoms. The lowest BCUT2D eigenvalue weighted by atomic mass is 9.98. The largest absolute Gasteiger partial charge is 0.366 e. The van der Waals surface area contributed by atoms with Gasteiger partial charge in [0, 0.05) is 11.9 Å². The van der Waals surface area contributed by atoms with Crippen molar-refractivity contribution in [1.29, 1.82) is 0 Å². The van der Waals surface area contributed by atoms with Crippen LogP contribution in [0.3, 0.4) is 0 Å². The van der Waals surface area contributed by atoms with Gasteiger partial charge in [0.1, 0.15) is 18.5 Å². The summed E-state index contributed by atoms with van der Waals surface area (Å²) in [6.45, 7) is 8.03. The third kappa shape index (κ3) is 3.88. The number of benzene rings is 2. The average Bonchev–Trinajstić information content (AvgIpc) is 3.19. The third-order valence-electron chi connectivity index (χ3n) is 4.98. The second kappa shape index (κ2) is 7.80. The van der Waals surface area contributed by atoms with Gasteiger partial charge in [-0.25, -0.2) is 14.6 Å². The number of hydrogen-bond donors (Lipinski definition) is 1. The Kier molecular flexibility index (Phi) is 5.06. The van der Waals surface area contributed by atoms with E-state index < -0.39 is 0 Å². The molecule has 0 saturated carbocycles. The molecule has 5 nitrogen and oxygen atoms in total. The zero-order chi connectivity index (χ0) is 19.5. The molecule has 0 aliphatic carbocycles. The van der Waals surface area contributed by atoms with Crippen LogP contribution in [-0.2, 0) is 13.1 Å². The van der Waals surface area contributed by atoms with Crippen molar-refractivity contribution >= 4 is 16.7 Å². The van der Waals surface area contributed by atoms with Crippen molar-refractivity contribution in [2.45, 2.75) is 39.8 Å². The lowest BCUT2D eigenvalue weighted by Gasteiger charge is -2.14. The molecule has 0 radical (unpaired) electrons. The molecule has 0 fully saturated rings. The minimum atomic E-state index is 0.444. The van der Waals surface area contributed by atoms with Crippen LogP contribution in [0.4, 0.5) is 5.82 Å². The minimum absolute atomic E-state index is 0.444. The van der Waals surface area contributed by atoms with Crippen LogP contribution in [0.2, 0.25) is 0 Å². The SMILES string of the molecule is Cc1cc(NCc2cccc(Cn3cncn3)c2)nc2c(C(C)C)cccc12. The molecule has 0 aliphatic rings. The highest BCUT2D eigenvalue weighted by Crippen LogP contribution is 2.28. The topological polar surface area (TPSA) is 55.6 Å². The molecule has 0 atom stereocenters. The lowest BCUT2D eigenvalue weighted by molar-refractivity contribution is 0.684. The standard InChI is InChI=1S/C23H25N5/c1-16(2)20-8-5-9-21-17(3)10-22(27-23(20)21)25-12-18-6-4-7-19(11-18)13-28-15-24-14-26-28/h4-11,14-16H,12-13H2,1-3H3,(H,25,27). The summed E-state index contributed by atoms with van der Waals surface area (Å²) in [7, 11) is 0. The van der Waals surface area contributed by atoms with Crippen molar-refractivity contribution in [2.75, 3.05) is 5.32 Å². The van der Waals surface area contributed by atoms with Gasteiger partial charge in [0.05, 0.1) is 12.1 Å². The number of aromatic nitrogens is 4. The number of fused-ring (bicyclic) bond motifs is 1. The molecule has 0 aliphatic heterocycles. The van der Waals surface area contributed by atoms with E-state index in [1.165, 1.54) is 27.6 Å². The first-order chi connectivity index (χ1) is 13.6. The molecule has 4 aromatic rings. The molecular weight excluding hydrogens is 346 g/mol. The maximum atomic E-state index is 4.92. The summed E-state index contributed by atoms with van der Waals surface area (Å²) in [6.07, 6.45) is 3.30. The molecule has 0 bridgehead atoms. The van der Waals surface area contributed by atoms with E-state index in [1.807, 2.05) is 4.68 Å². The Balaban J connectivity index is 1.55. The molecule has 4 rings (SSSR count). The summed E-state index contributed by atoms with van der Waals surface area (Å²) in [5.41, 5.74) is 6.05. The van der Waals surface area contributed by atoms with E-state index >= 15 is 0 Å². The maximum absolute atomic E-state index is 4.92. The summed E-state index contributed by atoms with van der Waals surface area (Å²) >= 11 is 0. The zero-order valence-corrected chi connectivity index (χ0v) is 16.6. The number of anilines is 1. The van der Waals surface area contributed by atoms with Gasteiger partial charge < -0.3 is 5.32 Å². The quantitative estimate of drug-likeness (QED) is 0.523. The van der Waals surface area contributed by atoms with Gasteiger partial charge in [-0.05, 0) is 41.2 Å². The molecule has 1 N–H and O–H groups in total. The van der Waals surface area contributed by atoms with Crippen molar-refractivity contribution in [3.63, 3.8) is 0 Å².